The fourth-order valence-corrected chi connectivity index (χ4v) is 1.91. The summed E-state index contributed by atoms with van der Waals surface area (Å²) in [5, 5.41) is 0. The molecule has 0 aromatic heterocycles. The molecule has 1 aromatic carbocycles. The second kappa shape index (κ2) is 6.02. The molecule has 112 valence electrons. The van der Waals surface area contributed by atoms with E-state index in [2.05, 4.69) is 14.3 Å². The highest BCUT2D eigenvalue weighted by Gasteiger charge is 2.44. The van der Waals surface area contributed by atoms with Gasteiger partial charge in [-0.15, -0.1) is 0 Å². The summed E-state index contributed by atoms with van der Waals surface area (Å²) in [5.41, 5.74) is 7.37. The molecule has 1 aliphatic heterocycles. The van der Waals surface area contributed by atoms with Gasteiger partial charge < -0.3 is 9.47 Å². The average Bonchev–Trinajstić information content (AvgIpc) is 2.90. The molecular weight excluding hydrogens is 290 g/mol. The lowest BCUT2D eigenvalue weighted by molar-refractivity contribution is -0.141. The number of ether oxygens (including phenoxy) is 2. The molecule has 0 aliphatic carbocycles. The highest BCUT2D eigenvalue weighted by molar-refractivity contribution is 6.55. The quantitative estimate of drug-likeness (QED) is 0.498. The molecule has 8 heteroatoms. The lowest BCUT2D eigenvalue weighted by Gasteiger charge is -2.11. The lowest BCUT2D eigenvalue weighted by Crippen LogP contribution is -2.27. The van der Waals surface area contributed by atoms with Crippen LogP contribution in [-0.4, -0.2) is 42.6 Å². The van der Waals surface area contributed by atoms with E-state index < -0.39 is 17.8 Å². The Labute approximate surface area is 125 Å². The molecule has 22 heavy (non-hydrogen) atoms. The number of amides is 1. The van der Waals surface area contributed by atoms with E-state index in [1.165, 1.54) is 44.7 Å². The van der Waals surface area contributed by atoms with E-state index in [-0.39, 0.29) is 11.3 Å². The zero-order chi connectivity index (χ0) is 16.3. The van der Waals surface area contributed by atoms with Gasteiger partial charge in [-0.3, -0.25) is 9.69 Å². The summed E-state index contributed by atoms with van der Waals surface area (Å²) in [6.45, 7) is 0. The van der Waals surface area contributed by atoms with Crippen molar-refractivity contribution in [2.24, 2.45) is 0 Å². The van der Waals surface area contributed by atoms with Gasteiger partial charge in [-0.05, 0) is 24.3 Å². The molecule has 0 saturated heterocycles. The number of nitrogens with one attached hydrogen (secondary N) is 1. The van der Waals surface area contributed by atoms with Gasteiger partial charge in [0.2, 0.25) is 0 Å². The number of benzene rings is 1. The van der Waals surface area contributed by atoms with Crippen LogP contribution in [0, 0.1) is 5.53 Å². The summed E-state index contributed by atoms with van der Waals surface area (Å²) in [4.78, 5) is 39.4. The van der Waals surface area contributed by atoms with Crippen LogP contribution in [0.15, 0.2) is 36.0 Å². The molecule has 1 heterocycles. The van der Waals surface area contributed by atoms with Gasteiger partial charge in [0, 0.05) is 11.9 Å². The van der Waals surface area contributed by atoms with Crippen molar-refractivity contribution in [3.63, 3.8) is 0 Å². The predicted octanol–water partition coefficient (Wildman–Crippen LogP) is 0.557. The fourth-order valence-electron chi connectivity index (χ4n) is 1.91. The van der Waals surface area contributed by atoms with Gasteiger partial charge in [0.05, 0.1) is 30.1 Å². The van der Waals surface area contributed by atoms with Crippen LogP contribution in [0.3, 0.4) is 0 Å². The van der Waals surface area contributed by atoms with Crippen LogP contribution in [0.5, 0.6) is 0 Å². The Kier molecular flexibility index (Phi) is 4.15. The molecule has 0 atom stereocenters. The van der Waals surface area contributed by atoms with Gasteiger partial charge >= 0.3 is 23.6 Å². The number of anilines is 1. The first-order chi connectivity index (χ1) is 10.5. The molecule has 0 spiro atoms. The van der Waals surface area contributed by atoms with Gasteiger partial charge in [-0.1, -0.05) is 0 Å². The molecule has 0 saturated carbocycles. The first-order valence-corrected chi connectivity index (χ1v) is 6.10. The third-order valence-electron chi connectivity index (χ3n) is 3.02. The first kappa shape index (κ1) is 15.1. The highest BCUT2D eigenvalue weighted by Crippen LogP contribution is 2.23. The van der Waals surface area contributed by atoms with Crippen LogP contribution in [0.4, 0.5) is 5.69 Å². The maximum atomic E-state index is 12.2. The number of rotatable bonds is 3. The van der Waals surface area contributed by atoms with E-state index >= 15 is 0 Å². The van der Waals surface area contributed by atoms with Crippen molar-refractivity contribution in [1.82, 2.24) is 0 Å². The van der Waals surface area contributed by atoms with Gasteiger partial charge in [0.15, 0.2) is 5.57 Å². The Hall–Kier alpha value is -3.25. The molecule has 1 N–H and O–H groups in total. The Morgan fingerprint density at radius 2 is 1.68 bits per heavy atom. The molecule has 2 rings (SSSR count). The summed E-state index contributed by atoms with van der Waals surface area (Å²) in [5.74, 6) is -1.88. The van der Waals surface area contributed by atoms with E-state index in [1.807, 2.05) is 0 Å². The molecular formula is C14H12N3O5+. The van der Waals surface area contributed by atoms with E-state index in [0.29, 0.717) is 11.3 Å². The number of hydrogen-bond acceptors (Lipinski definition) is 6. The molecule has 0 unspecified atom stereocenters. The molecule has 0 radical (unpaired) electrons. The molecule has 0 fully saturated rings. The van der Waals surface area contributed by atoms with Crippen molar-refractivity contribution < 1.29 is 28.6 Å². The summed E-state index contributed by atoms with van der Waals surface area (Å²) in [6.07, 6.45) is 1.24. The molecule has 8 nitrogen and oxygen atoms in total. The summed E-state index contributed by atoms with van der Waals surface area (Å²) >= 11 is 0. The minimum Gasteiger partial charge on any atom is -0.465 e. The molecule has 1 amide bonds. The Morgan fingerprint density at radius 3 is 2.18 bits per heavy atom. The van der Waals surface area contributed by atoms with Crippen molar-refractivity contribution in [3.8, 4) is 0 Å². The van der Waals surface area contributed by atoms with Crippen molar-refractivity contribution in [3.05, 3.63) is 41.6 Å². The Morgan fingerprint density at radius 1 is 1.09 bits per heavy atom. The van der Waals surface area contributed by atoms with Gasteiger partial charge in [0.25, 0.3) is 0 Å². The molecule has 1 aromatic rings. The fraction of sp³-hybridized carbons (Fsp3) is 0.143. The second-order valence-corrected chi connectivity index (χ2v) is 4.21. The molecule has 1 aliphatic rings. The zero-order valence-electron chi connectivity index (χ0n) is 11.8. The van der Waals surface area contributed by atoms with Gasteiger partial charge in [-0.2, -0.15) is 0 Å². The minimum absolute atomic E-state index is 0.0976. The zero-order valence-corrected chi connectivity index (χ0v) is 11.8. The van der Waals surface area contributed by atoms with Crippen LogP contribution < -0.4 is 4.90 Å². The normalized spacial score (nSPS) is 13.5. The summed E-state index contributed by atoms with van der Waals surface area (Å²) < 4.78 is 9.14. The van der Waals surface area contributed by atoms with E-state index in [9.17, 15) is 14.4 Å². The standard InChI is InChI=1S/C14H12N3O5/c1-21-13(19)8-3-5-9(6-4-8)17-7-10(14(20)22-2)11(16-15)12(17)18/h3-7,15H,1-2H3/q+1. The third kappa shape index (κ3) is 2.50. The number of hydrogen-bond donors (Lipinski definition) is 1. The number of carbonyl (C=O) groups is 3. The van der Waals surface area contributed by atoms with Crippen molar-refractivity contribution in [1.29, 1.82) is 5.53 Å². The number of nitrogens with zero attached hydrogens (tertiary/aromatic N) is 2. The Balaban J connectivity index is 2.38. The van der Waals surface area contributed by atoms with Crippen LogP contribution in [-0.2, 0) is 19.1 Å². The molecule has 0 bridgehead atoms. The maximum Gasteiger partial charge on any atom is 0.445 e. The van der Waals surface area contributed by atoms with E-state index in [1.54, 1.807) is 0 Å². The van der Waals surface area contributed by atoms with Crippen LogP contribution in [0.25, 0.3) is 0 Å². The van der Waals surface area contributed by atoms with E-state index in [4.69, 9.17) is 5.53 Å². The van der Waals surface area contributed by atoms with Gasteiger partial charge in [0.1, 0.15) is 0 Å². The van der Waals surface area contributed by atoms with Crippen LogP contribution >= 0.6 is 0 Å². The van der Waals surface area contributed by atoms with Crippen molar-refractivity contribution in [2.45, 2.75) is 0 Å². The topological polar surface area (TPSA) is 111 Å². The van der Waals surface area contributed by atoms with Crippen molar-refractivity contribution in [2.75, 3.05) is 19.1 Å². The monoisotopic (exact) mass is 302 g/mol. The smallest absolute Gasteiger partial charge is 0.445 e. The Bertz CT molecular complexity index is 729. The summed E-state index contributed by atoms with van der Waals surface area (Å²) in [7, 11) is 2.44. The SMILES string of the molecule is COC(=O)C1=CN(c2ccc(C(=O)OC)cc2)C(=O)C1=[N+]=N. The minimum atomic E-state index is -0.756. The van der Waals surface area contributed by atoms with E-state index in [0.717, 1.165) is 4.90 Å². The number of methoxy groups -OCH3 is 2. The average molecular weight is 302 g/mol. The number of esters is 2. The van der Waals surface area contributed by atoms with Gasteiger partial charge in [-0.25, -0.2) is 9.59 Å². The van der Waals surface area contributed by atoms with Crippen LogP contribution in [0.1, 0.15) is 10.4 Å². The number of carbonyl (C=O) groups excluding carboxylic acids is 3. The largest absolute Gasteiger partial charge is 0.465 e. The summed E-state index contributed by atoms with van der Waals surface area (Å²) in [6, 6.07) is 6.00. The maximum absolute atomic E-state index is 12.2. The lowest BCUT2D eigenvalue weighted by atomic mass is 10.2. The third-order valence-corrected chi connectivity index (χ3v) is 3.02. The van der Waals surface area contributed by atoms with Crippen molar-refractivity contribution >= 4 is 29.2 Å². The second-order valence-electron chi connectivity index (χ2n) is 4.21. The highest BCUT2D eigenvalue weighted by atomic mass is 16.5. The first-order valence-electron chi connectivity index (χ1n) is 6.10. The predicted molar refractivity (Wildman–Crippen MR) is 73.4 cm³/mol. The van der Waals surface area contributed by atoms with Crippen LogP contribution in [0.2, 0.25) is 0 Å².